The van der Waals surface area contributed by atoms with Crippen LogP contribution in [0.25, 0.3) is 0 Å². The first kappa shape index (κ1) is 17.9. The Kier molecular flexibility index (Phi) is 5.74. The first-order valence-corrected chi connectivity index (χ1v) is 9.01. The number of amides is 1. The minimum absolute atomic E-state index is 0.135. The van der Waals surface area contributed by atoms with Gasteiger partial charge in [0.2, 0.25) is 15.9 Å². The molecule has 1 amide bonds. The summed E-state index contributed by atoms with van der Waals surface area (Å²) < 4.78 is 25.8. The molecule has 1 aliphatic heterocycles. The molecule has 0 bridgehead atoms. The number of anilines is 1. The third kappa shape index (κ3) is 4.51. The van der Waals surface area contributed by atoms with Crippen LogP contribution in [-0.4, -0.2) is 70.3 Å². The SMILES string of the molecule is Cc1ccc(NC(=O)CN2CCNCC2)cc1S(=O)(=O)N(C)C. The summed E-state index contributed by atoms with van der Waals surface area (Å²) in [7, 11) is -0.549. The average molecular weight is 340 g/mol. The van der Waals surface area contributed by atoms with Gasteiger partial charge in [0, 0.05) is 46.0 Å². The van der Waals surface area contributed by atoms with Crippen molar-refractivity contribution in [3.8, 4) is 0 Å². The highest BCUT2D eigenvalue weighted by Crippen LogP contribution is 2.22. The van der Waals surface area contributed by atoms with Crippen molar-refractivity contribution in [2.45, 2.75) is 11.8 Å². The molecule has 128 valence electrons. The van der Waals surface area contributed by atoms with E-state index in [1.165, 1.54) is 24.5 Å². The smallest absolute Gasteiger partial charge is 0.242 e. The van der Waals surface area contributed by atoms with Gasteiger partial charge in [0.1, 0.15) is 0 Å². The lowest BCUT2D eigenvalue weighted by molar-refractivity contribution is -0.117. The third-order valence-corrected chi connectivity index (χ3v) is 5.76. The summed E-state index contributed by atoms with van der Waals surface area (Å²) in [5.41, 5.74) is 1.15. The van der Waals surface area contributed by atoms with Crippen molar-refractivity contribution in [2.24, 2.45) is 0 Å². The zero-order valence-electron chi connectivity index (χ0n) is 13.8. The highest BCUT2D eigenvalue weighted by molar-refractivity contribution is 7.89. The molecule has 0 aromatic heterocycles. The van der Waals surface area contributed by atoms with Gasteiger partial charge < -0.3 is 10.6 Å². The maximum atomic E-state index is 12.3. The van der Waals surface area contributed by atoms with Gasteiger partial charge in [-0.1, -0.05) is 6.07 Å². The molecule has 1 saturated heterocycles. The number of hydrogen-bond acceptors (Lipinski definition) is 5. The molecule has 7 nitrogen and oxygen atoms in total. The second-order valence-corrected chi connectivity index (χ2v) is 7.96. The van der Waals surface area contributed by atoms with Crippen LogP contribution in [0.15, 0.2) is 23.1 Å². The van der Waals surface area contributed by atoms with Gasteiger partial charge in [-0.05, 0) is 24.6 Å². The lowest BCUT2D eigenvalue weighted by Crippen LogP contribution is -2.46. The van der Waals surface area contributed by atoms with Gasteiger partial charge in [0.05, 0.1) is 11.4 Å². The molecule has 2 rings (SSSR count). The lowest BCUT2D eigenvalue weighted by Gasteiger charge is -2.26. The maximum Gasteiger partial charge on any atom is 0.242 e. The van der Waals surface area contributed by atoms with Crippen LogP contribution in [-0.2, 0) is 14.8 Å². The summed E-state index contributed by atoms with van der Waals surface area (Å²) in [6, 6.07) is 4.94. The van der Waals surface area contributed by atoms with Gasteiger partial charge in [0.15, 0.2) is 0 Å². The summed E-state index contributed by atoms with van der Waals surface area (Å²) in [5.74, 6) is -0.135. The molecule has 0 saturated carbocycles. The zero-order valence-corrected chi connectivity index (χ0v) is 14.6. The Morgan fingerprint density at radius 3 is 2.57 bits per heavy atom. The van der Waals surface area contributed by atoms with Crippen LogP contribution in [0.3, 0.4) is 0 Å². The molecule has 1 aromatic rings. The van der Waals surface area contributed by atoms with Crippen LogP contribution in [0.5, 0.6) is 0 Å². The van der Waals surface area contributed by atoms with Gasteiger partial charge in [-0.3, -0.25) is 9.69 Å². The van der Waals surface area contributed by atoms with Crippen LogP contribution in [0.1, 0.15) is 5.56 Å². The maximum absolute atomic E-state index is 12.3. The van der Waals surface area contributed by atoms with Crippen LogP contribution in [0.4, 0.5) is 5.69 Å². The first-order chi connectivity index (χ1) is 10.8. The van der Waals surface area contributed by atoms with Gasteiger partial charge in [0.25, 0.3) is 0 Å². The van der Waals surface area contributed by atoms with E-state index in [2.05, 4.69) is 15.5 Å². The molecule has 0 aliphatic carbocycles. The molecular formula is C15H24N4O3S. The second-order valence-electron chi connectivity index (χ2n) is 5.84. The van der Waals surface area contributed by atoms with Gasteiger partial charge >= 0.3 is 0 Å². The monoisotopic (exact) mass is 340 g/mol. The standard InChI is InChI=1S/C15H24N4O3S/c1-12-4-5-13(10-14(12)23(21,22)18(2)3)17-15(20)11-19-8-6-16-7-9-19/h4-5,10,16H,6-9,11H2,1-3H3,(H,17,20). The van der Waals surface area contributed by atoms with E-state index in [0.717, 1.165) is 26.2 Å². The predicted molar refractivity (Wildman–Crippen MR) is 90.0 cm³/mol. The molecule has 1 aliphatic rings. The number of aryl methyl sites for hydroxylation is 1. The van der Waals surface area contributed by atoms with Crippen molar-refractivity contribution in [3.05, 3.63) is 23.8 Å². The van der Waals surface area contributed by atoms with Crippen molar-refractivity contribution in [2.75, 3.05) is 52.1 Å². The fourth-order valence-electron chi connectivity index (χ4n) is 2.43. The summed E-state index contributed by atoms with van der Waals surface area (Å²) in [4.78, 5) is 14.4. The molecule has 8 heteroatoms. The largest absolute Gasteiger partial charge is 0.325 e. The third-order valence-electron chi connectivity index (χ3n) is 3.81. The van der Waals surface area contributed by atoms with Crippen LogP contribution >= 0.6 is 0 Å². The molecule has 0 unspecified atom stereocenters. The Hall–Kier alpha value is -1.48. The van der Waals surface area contributed by atoms with E-state index in [1.807, 2.05) is 0 Å². The van der Waals surface area contributed by atoms with Crippen molar-refractivity contribution in [1.29, 1.82) is 0 Å². The number of carbonyl (C=O) groups excluding carboxylic acids is 1. The molecule has 1 aromatic carbocycles. The number of benzene rings is 1. The van der Waals surface area contributed by atoms with E-state index in [-0.39, 0.29) is 10.8 Å². The number of piperazine rings is 1. The average Bonchev–Trinajstić information content (AvgIpc) is 2.49. The van der Waals surface area contributed by atoms with Crippen molar-refractivity contribution >= 4 is 21.6 Å². The van der Waals surface area contributed by atoms with E-state index < -0.39 is 10.0 Å². The van der Waals surface area contributed by atoms with Crippen LogP contribution in [0.2, 0.25) is 0 Å². The molecule has 23 heavy (non-hydrogen) atoms. The molecule has 1 heterocycles. The minimum atomic E-state index is -3.53. The molecular weight excluding hydrogens is 316 g/mol. The number of nitrogens with one attached hydrogen (secondary N) is 2. The number of rotatable bonds is 5. The Morgan fingerprint density at radius 2 is 1.96 bits per heavy atom. The summed E-state index contributed by atoms with van der Waals surface area (Å²) >= 11 is 0. The number of sulfonamides is 1. The Morgan fingerprint density at radius 1 is 1.30 bits per heavy atom. The van der Waals surface area contributed by atoms with Gasteiger partial charge in [-0.15, -0.1) is 0 Å². The minimum Gasteiger partial charge on any atom is -0.325 e. The Labute approximate surface area is 137 Å². The van der Waals surface area contributed by atoms with Crippen LogP contribution < -0.4 is 10.6 Å². The first-order valence-electron chi connectivity index (χ1n) is 7.57. The van der Waals surface area contributed by atoms with Crippen molar-refractivity contribution in [3.63, 3.8) is 0 Å². The molecule has 2 N–H and O–H groups in total. The van der Waals surface area contributed by atoms with Gasteiger partial charge in [-0.25, -0.2) is 12.7 Å². The fraction of sp³-hybridized carbons (Fsp3) is 0.533. The summed E-state index contributed by atoms with van der Waals surface area (Å²) in [6.07, 6.45) is 0. The number of hydrogen-bond donors (Lipinski definition) is 2. The number of nitrogens with zero attached hydrogens (tertiary/aromatic N) is 2. The van der Waals surface area contributed by atoms with Crippen LogP contribution in [0, 0.1) is 6.92 Å². The summed E-state index contributed by atoms with van der Waals surface area (Å²) in [6.45, 7) is 5.48. The van der Waals surface area contributed by atoms with E-state index in [0.29, 0.717) is 17.8 Å². The summed E-state index contributed by atoms with van der Waals surface area (Å²) in [5, 5.41) is 6.02. The predicted octanol–water partition coefficient (Wildman–Crippen LogP) is 0.0890. The molecule has 0 atom stereocenters. The normalized spacial score (nSPS) is 16.5. The van der Waals surface area contributed by atoms with E-state index in [1.54, 1.807) is 19.1 Å². The number of carbonyl (C=O) groups is 1. The van der Waals surface area contributed by atoms with E-state index in [4.69, 9.17) is 0 Å². The van der Waals surface area contributed by atoms with Crippen molar-refractivity contribution in [1.82, 2.24) is 14.5 Å². The topological polar surface area (TPSA) is 81.8 Å². The van der Waals surface area contributed by atoms with E-state index in [9.17, 15) is 13.2 Å². The zero-order chi connectivity index (χ0) is 17.0. The Balaban J connectivity index is 2.10. The quantitative estimate of drug-likeness (QED) is 0.794. The molecule has 0 radical (unpaired) electrons. The van der Waals surface area contributed by atoms with E-state index >= 15 is 0 Å². The second kappa shape index (κ2) is 7.39. The lowest BCUT2D eigenvalue weighted by atomic mass is 10.2. The highest BCUT2D eigenvalue weighted by atomic mass is 32.2. The Bertz CT molecular complexity index is 667. The highest BCUT2D eigenvalue weighted by Gasteiger charge is 2.21. The van der Waals surface area contributed by atoms with Crippen molar-refractivity contribution < 1.29 is 13.2 Å². The van der Waals surface area contributed by atoms with Gasteiger partial charge in [-0.2, -0.15) is 0 Å². The molecule has 0 spiro atoms. The fourth-order valence-corrected chi connectivity index (χ4v) is 3.57. The molecule has 1 fully saturated rings.